The molecule has 0 bridgehead atoms. The molecule has 3 aromatic rings. The number of hydrogen-bond acceptors (Lipinski definition) is 2. The minimum Gasteiger partial charge on any atom is -0.496 e. The van der Waals surface area contributed by atoms with Gasteiger partial charge in [-0.25, -0.2) is 0 Å². The van der Waals surface area contributed by atoms with Crippen molar-refractivity contribution >= 4 is 10.9 Å². The normalized spacial score (nSPS) is 10.8. The first-order chi connectivity index (χ1) is 8.81. The molecular weight excluding hydrogens is 224 g/mol. The zero-order valence-corrected chi connectivity index (χ0v) is 10.4. The van der Waals surface area contributed by atoms with E-state index in [1.54, 1.807) is 7.11 Å². The van der Waals surface area contributed by atoms with Crippen molar-refractivity contribution in [2.45, 2.75) is 6.92 Å². The number of nitrogens with one attached hydrogen (secondary N) is 1. The summed E-state index contributed by atoms with van der Waals surface area (Å²) in [7, 11) is 1.70. The summed E-state index contributed by atoms with van der Waals surface area (Å²) >= 11 is 0. The Morgan fingerprint density at radius 2 is 1.89 bits per heavy atom. The van der Waals surface area contributed by atoms with Crippen LogP contribution in [-0.4, -0.2) is 17.1 Å². The lowest BCUT2D eigenvalue weighted by Crippen LogP contribution is -1.85. The van der Waals surface area contributed by atoms with Crippen molar-refractivity contribution in [1.82, 2.24) is 9.97 Å². The number of rotatable bonds is 2. The monoisotopic (exact) mass is 238 g/mol. The number of benzene rings is 1. The maximum atomic E-state index is 5.47. The lowest BCUT2D eigenvalue weighted by Gasteiger charge is -2.05. The van der Waals surface area contributed by atoms with Crippen LogP contribution < -0.4 is 4.74 Å². The second-order valence-corrected chi connectivity index (χ2v) is 4.24. The molecule has 0 fully saturated rings. The van der Waals surface area contributed by atoms with Crippen molar-refractivity contribution in [3.05, 3.63) is 48.4 Å². The molecule has 2 aromatic heterocycles. The Labute approximate surface area is 105 Å². The van der Waals surface area contributed by atoms with Gasteiger partial charge in [0.15, 0.2) is 0 Å². The van der Waals surface area contributed by atoms with Gasteiger partial charge in [0.05, 0.1) is 7.11 Å². The van der Waals surface area contributed by atoms with Crippen LogP contribution in [0.3, 0.4) is 0 Å². The van der Waals surface area contributed by atoms with Crippen LogP contribution in [-0.2, 0) is 0 Å². The number of fused-ring (bicyclic) bond motifs is 1. The molecule has 0 atom stereocenters. The van der Waals surface area contributed by atoms with E-state index >= 15 is 0 Å². The van der Waals surface area contributed by atoms with Gasteiger partial charge in [-0.1, -0.05) is 6.07 Å². The molecule has 2 heterocycles. The van der Waals surface area contributed by atoms with Crippen LogP contribution in [0.15, 0.2) is 42.7 Å². The standard InChI is InChI=1S/C15H14N2O/c1-10-14(11-6-8-16-9-7-11)15-12(17-10)4-3-5-13(15)18-2/h3-9,17H,1-2H3. The van der Waals surface area contributed by atoms with E-state index in [-0.39, 0.29) is 0 Å². The van der Waals surface area contributed by atoms with Crippen molar-refractivity contribution in [1.29, 1.82) is 0 Å². The van der Waals surface area contributed by atoms with E-state index in [4.69, 9.17) is 4.74 Å². The molecule has 0 aliphatic carbocycles. The average molecular weight is 238 g/mol. The molecule has 18 heavy (non-hydrogen) atoms. The molecule has 0 saturated heterocycles. The van der Waals surface area contributed by atoms with Crippen molar-refractivity contribution in [3.63, 3.8) is 0 Å². The zero-order valence-electron chi connectivity index (χ0n) is 10.4. The van der Waals surface area contributed by atoms with Gasteiger partial charge in [0, 0.05) is 34.6 Å². The summed E-state index contributed by atoms with van der Waals surface area (Å²) in [6, 6.07) is 10.1. The molecule has 3 nitrogen and oxygen atoms in total. The van der Waals surface area contributed by atoms with Crippen molar-refractivity contribution in [3.8, 4) is 16.9 Å². The van der Waals surface area contributed by atoms with Crippen LogP contribution in [0.4, 0.5) is 0 Å². The van der Waals surface area contributed by atoms with Crippen LogP contribution in [0.1, 0.15) is 5.69 Å². The van der Waals surface area contributed by atoms with Gasteiger partial charge >= 0.3 is 0 Å². The molecule has 0 aliphatic rings. The molecule has 3 heteroatoms. The number of pyridine rings is 1. The van der Waals surface area contributed by atoms with E-state index in [9.17, 15) is 0 Å². The van der Waals surface area contributed by atoms with Crippen molar-refractivity contribution in [2.24, 2.45) is 0 Å². The fourth-order valence-corrected chi connectivity index (χ4v) is 2.39. The summed E-state index contributed by atoms with van der Waals surface area (Å²) in [5.74, 6) is 0.892. The van der Waals surface area contributed by atoms with Gasteiger partial charge in [-0.3, -0.25) is 4.98 Å². The summed E-state index contributed by atoms with van der Waals surface area (Å²) in [6.45, 7) is 2.08. The van der Waals surface area contributed by atoms with Gasteiger partial charge < -0.3 is 9.72 Å². The van der Waals surface area contributed by atoms with Crippen LogP contribution >= 0.6 is 0 Å². The average Bonchev–Trinajstić information content (AvgIpc) is 2.75. The van der Waals surface area contributed by atoms with Crippen LogP contribution in [0.2, 0.25) is 0 Å². The lowest BCUT2D eigenvalue weighted by atomic mass is 10.0. The Bertz CT molecular complexity index is 686. The van der Waals surface area contributed by atoms with Crippen LogP contribution in [0.25, 0.3) is 22.0 Å². The van der Waals surface area contributed by atoms with E-state index in [0.717, 1.165) is 27.9 Å². The van der Waals surface area contributed by atoms with Gasteiger partial charge in [-0.05, 0) is 36.8 Å². The van der Waals surface area contributed by atoms with E-state index in [1.807, 2.05) is 36.7 Å². The number of nitrogens with zero attached hydrogens (tertiary/aromatic N) is 1. The molecule has 1 aromatic carbocycles. The molecule has 3 rings (SSSR count). The third kappa shape index (κ3) is 1.56. The fourth-order valence-electron chi connectivity index (χ4n) is 2.39. The second-order valence-electron chi connectivity index (χ2n) is 4.24. The summed E-state index contributed by atoms with van der Waals surface area (Å²) in [6.07, 6.45) is 3.62. The van der Waals surface area contributed by atoms with Crippen molar-refractivity contribution < 1.29 is 4.74 Å². The number of hydrogen-bond donors (Lipinski definition) is 1. The van der Waals surface area contributed by atoms with E-state index < -0.39 is 0 Å². The molecule has 0 saturated carbocycles. The number of aryl methyl sites for hydroxylation is 1. The highest BCUT2D eigenvalue weighted by Gasteiger charge is 2.13. The second kappa shape index (κ2) is 4.18. The lowest BCUT2D eigenvalue weighted by molar-refractivity contribution is 0.420. The third-order valence-electron chi connectivity index (χ3n) is 3.16. The zero-order chi connectivity index (χ0) is 12.5. The van der Waals surface area contributed by atoms with Gasteiger partial charge in [0.1, 0.15) is 5.75 Å². The predicted octanol–water partition coefficient (Wildman–Crippen LogP) is 3.55. The number of ether oxygens (including phenoxy) is 1. The Hall–Kier alpha value is -2.29. The van der Waals surface area contributed by atoms with Gasteiger partial charge in [0.25, 0.3) is 0 Å². The molecule has 1 N–H and O–H groups in total. The molecule has 0 unspecified atom stereocenters. The minimum absolute atomic E-state index is 0.892. The Morgan fingerprint density at radius 3 is 2.61 bits per heavy atom. The number of aromatic amines is 1. The summed E-state index contributed by atoms with van der Waals surface area (Å²) < 4.78 is 5.47. The quantitative estimate of drug-likeness (QED) is 0.741. The third-order valence-corrected chi connectivity index (χ3v) is 3.16. The summed E-state index contributed by atoms with van der Waals surface area (Å²) in [4.78, 5) is 7.47. The number of H-pyrrole nitrogens is 1. The smallest absolute Gasteiger partial charge is 0.128 e. The van der Waals surface area contributed by atoms with E-state index in [0.29, 0.717) is 0 Å². The largest absolute Gasteiger partial charge is 0.496 e. The van der Waals surface area contributed by atoms with E-state index in [2.05, 4.69) is 23.0 Å². The maximum Gasteiger partial charge on any atom is 0.128 e. The Balaban J connectivity index is 2.38. The summed E-state index contributed by atoms with van der Waals surface area (Å²) in [5.41, 5.74) is 4.57. The highest BCUT2D eigenvalue weighted by atomic mass is 16.5. The molecule has 90 valence electrons. The Kier molecular flexibility index (Phi) is 2.52. The van der Waals surface area contributed by atoms with Gasteiger partial charge in [-0.15, -0.1) is 0 Å². The number of methoxy groups -OCH3 is 1. The van der Waals surface area contributed by atoms with E-state index in [1.165, 1.54) is 5.56 Å². The SMILES string of the molecule is COc1cccc2[nH]c(C)c(-c3ccncc3)c12. The first-order valence-corrected chi connectivity index (χ1v) is 5.87. The van der Waals surface area contributed by atoms with Gasteiger partial charge in [-0.2, -0.15) is 0 Å². The predicted molar refractivity (Wildman–Crippen MR) is 72.8 cm³/mol. The van der Waals surface area contributed by atoms with Crippen LogP contribution in [0.5, 0.6) is 5.75 Å². The molecule has 0 aliphatic heterocycles. The first kappa shape index (κ1) is 10.8. The molecule has 0 spiro atoms. The van der Waals surface area contributed by atoms with Gasteiger partial charge in [0.2, 0.25) is 0 Å². The molecular formula is C15H14N2O. The summed E-state index contributed by atoms with van der Waals surface area (Å²) in [5, 5.41) is 1.13. The topological polar surface area (TPSA) is 37.9 Å². The molecule has 0 amide bonds. The van der Waals surface area contributed by atoms with Crippen LogP contribution in [0, 0.1) is 6.92 Å². The van der Waals surface area contributed by atoms with Crippen molar-refractivity contribution in [2.75, 3.05) is 7.11 Å². The molecule has 0 radical (unpaired) electrons. The first-order valence-electron chi connectivity index (χ1n) is 5.87. The highest BCUT2D eigenvalue weighted by Crippen LogP contribution is 2.37. The highest BCUT2D eigenvalue weighted by molar-refractivity contribution is 6.01. The fraction of sp³-hybridized carbons (Fsp3) is 0.133. The Morgan fingerprint density at radius 1 is 1.11 bits per heavy atom. The maximum absolute atomic E-state index is 5.47. The number of aromatic nitrogens is 2. The minimum atomic E-state index is 0.892.